The average Bonchev–Trinajstić information content (AvgIpc) is 2.29. The summed E-state index contributed by atoms with van der Waals surface area (Å²) in [4.78, 5) is 6.77. The zero-order chi connectivity index (χ0) is 12.4. The zero-order valence-corrected chi connectivity index (χ0v) is 11.3. The van der Waals surface area contributed by atoms with Crippen LogP contribution < -0.4 is 5.32 Å². The van der Waals surface area contributed by atoms with E-state index in [1.807, 2.05) is 12.3 Å². The summed E-state index contributed by atoms with van der Waals surface area (Å²) < 4.78 is 0. The minimum atomic E-state index is 0.559. The Morgan fingerprint density at radius 3 is 2.88 bits per heavy atom. The molecule has 3 heteroatoms. The highest BCUT2D eigenvalue weighted by Crippen LogP contribution is 2.24. The monoisotopic (exact) mass is 233 g/mol. The Morgan fingerprint density at radius 2 is 2.18 bits per heavy atom. The van der Waals surface area contributed by atoms with Crippen molar-refractivity contribution in [2.45, 2.75) is 39.3 Å². The van der Waals surface area contributed by atoms with Crippen molar-refractivity contribution in [3.05, 3.63) is 24.0 Å². The molecular weight excluding hydrogens is 210 g/mol. The Kier molecular flexibility index (Phi) is 3.67. The maximum Gasteiger partial charge on any atom is 0.0603 e. The van der Waals surface area contributed by atoms with Crippen molar-refractivity contribution in [3.8, 4) is 0 Å². The van der Waals surface area contributed by atoms with Crippen LogP contribution in [0.15, 0.2) is 18.3 Å². The standard InChI is InChI=1S/C14H23N3/c1-10-9-17(4)11(2)8-14(10)16-13-6-5-7-15-12(13)3/h5-7,10-11,14,16H,8-9H2,1-4H3. The van der Waals surface area contributed by atoms with Crippen LogP contribution in [0.5, 0.6) is 0 Å². The van der Waals surface area contributed by atoms with Gasteiger partial charge in [-0.3, -0.25) is 4.98 Å². The largest absolute Gasteiger partial charge is 0.380 e. The highest BCUT2D eigenvalue weighted by Gasteiger charge is 2.28. The van der Waals surface area contributed by atoms with Crippen molar-refractivity contribution in [1.82, 2.24) is 9.88 Å². The molecule has 1 saturated heterocycles. The molecule has 17 heavy (non-hydrogen) atoms. The van der Waals surface area contributed by atoms with Crippen LogP contribution in [0.25, 0.3) is 0 Å². The van der Waals surface area contributed by atoms with Gasteiger partial charge < -0.3 is 10.2 Å². The smallest absolute Gasteiger partial charge is 0.0603 e. The van der Waals surface area contributed by atoms with Gasteiger partial charge in [0.15, 0.2) is 0 Å². The summed E-state index contributed by atoms with van der Waals surface area (Å²) in [5, 5.41) is 3.66. The molecule has 1 aliphatic rings. The fourth-order valence-electron chi connectivity index (χ4n) is 2.58. The highest BCUT2D eigenvalue weighted by molar-refractivity contribution is 5.47. The Hall–Kier alpha value is -1.09. The molecule has 1 fully saturated rings. The quantitative estimate of drug-likeness (QED) is 0.851. The van der Waals surface area contributed by atoms with Gasteiger partial charge in [-0.1, -0.05) is 6.92 Å². The van der Waals surface area contributed by atoms with Crippen LogP contribution in [0.4, 0.5) is 5.69 Å². The first kappa shape index (κ1) is 12.4. The number of hydrogen-bond donors (Lipinski definition) is 1. The SMILES string of the molecule is Cc1ncccc1NC1CC(C)N(C)CC1C. The van der Waals surface area contributed by atoms with E-state index in [0.29, 0.717) is 18.0 Å². The molecule has 1 aromatic heterocycles. The first-order valence-corrected chi connectivity index (χ1v) is 6.46. The number of aryl methyl sites for hydroxylation is 1. The molecule has 2 heterocycles. The third-order valence-electron chi connectivity index (χ3n) is 3.96. The number of hydrogen-bond acceptors (Lipinski definition) is 3. The summed E-state index contributed by atoms with van der Waals surface area (Å²) >= 11 is 0. The maximum absolute atomic E-state index is 4.33. The summed E-state index contributed by atoms with van der Waals surface area (Å²) in [5.74, 6) is 0.677. The molecule has 3 unspecified atom stereocenters. The van der Waals surface area contributed by atoms with E-state index in [4.69, 9.17) is 0 Å². The molecular formula is C14H23N3. The summed E-state index contributed by atoms with van der Waals surface area (Å²) in [7, 11) is 2.21. The number of nitrogens with zero attached hydrogens (tertiary/aromatic N) is 2. The normalized spacial score (nSPS) is 30.2. The van der Waals surface area contributed by atoms with E-state index in [1.165, 1.54) is 12.1 Å². The molecule has 1 N–H and O–H groups in total. The third kappa shape index (κ3) is 2.78. The van der Waals surface area contributed by atoms with Gasteiger partial charge in [-0.2, -0.15) is 0 Å². The van der Waals surface area contributed by atoms with Crippen molar-refractivity contribution in [3.63, 3.8) is 0 Å². The number of rotatable bonds is 2. The summed E-state index contributed by atoms with van der Waals surface area (Å²) in [5.41, 5.74) is 2.27. The molecule has 0 aliphatic carbocycles. The van der Waals surface area contributed by atoms with Crippen molar-refractivity contribution >= 4 is 5.69 Å². The molecule has 1 aliphatic heterocycles. The lowest BCUT2D eigenvalue weighted by Gasteiger charge is -2.40. The van der Waals surface area contributed by atoms with Crippen LogP contribution in [0.2, 0.25) is 0 Å². The van der Waals surface area contributed by atoms with E-state index in [9.17, 15) is 0 Å². The van der Waals surface area contributed by atoms with Crippen LogP contribution in [-0.2, 0) is 0 Å². The fourth-order valence-corrected chi connectivity index (χ4v) is 2.58. The van der Waals surface area contributed by atoms with Crippen LogP contribution in [0, 0.1) is 12.8 Å². The first-order valence-electron chi connectivity index (χ1n) is 6.46. The second kappa shape index (κ2) is 5.05. The number of pyridine rings is 1. The molecule has 0 radical (unpaired) electrons. The first-order chi connectivity index (χ1) is 8.08. The van der Waals surface area contributed by atoms with E-state index in [0.717, 1.165) is 12.2 Å². The van der Waals surface area contributed by atoms with Gasteiger partial charge in [0, 0.05) is 24.8 Å². The Labute approximate surface area is 104 Å². The number of aromatic nitrogens is 1. The molecule has 3 atom stereocenters. The molecule has 94 valence electrons. The van der Waals surface area contributed by atoms with Gasteiger partial charge in [0.05, 0.1) is 11.4 Å². The minimum absolute atomic E-state index is 0.559. The lowest BCUT2D eigenvalue weighted by atomic mass is 9.89. The van der Waals surface area contributed by atoms with Gasteiger partial charge in [0.2, 0.25) is 0 Å². The summed E-state index contributed by atoms with van der Waals surface area (Å²) in [6, 6.07) is 5.33. The van der Waals surface area contributed by atoms with E-state index in [-0.39, 0.29) is 0 Å². The predicted octanol–water partition coefficient (Wildman–Crippen LogP) is 2.53. The van der Waals surface area contributed by atoms with Crippen molar-refractivity contribution in [2.75, 3.05) is 18.9 Å². The van der Waals surface area contributed by atoms with Crippen LogP contribution in [0.1, 0.15) is 26.0 Å². The predicted molar refractivity (Wildman–Crippen MR) is 72.3 cm³/mol. The molecule has 0 spiro atoms. The van der Waals surface area contributed by atoms with Gasteiger partial charge in [-0.05, 0) is 45.4 Å². The van der Waals surface area contributed by atoms with Crippen LogP contribution in [0.3, 0.4) is 0 Å². The van der Waals surface area contributed by atoms with Crippen LogP contribution >= 0.6 is 0 Å². The number of anilines is 1. The van der Waals surface area contributed by atoms with Gasteiger partial charge in [0.1, 0.15) is 0 Å². The van der Waals surface area contributed by atoms with Crippen LogP contribution in [-0.4, -0.2) is 35.6 Å². The zero-order valence-electron chi connectivity index (χ0n) is 11.3. The van der Waals surface area contributed by atoms with E-state index in [2.05, 4.69) is 49.1 Å². The summed E-state index contributed by atoms with van der Waals surface area (Å²) in [6.07, 6.45) is 3.05. The average molecular weight is 233 g/mol. The number of nitrogens with one attached hydrogen (secondary N) is 1. The minimum Gasteiger partial charge on any atom is -0.380 e. The maximum atomic E-state index is 4.33. The van der Waals surface area contributed by atoms with E-state index in [1.54, 1.807) is 0 Å². The Bertz CT molecular complexity index is 377. The van der Waals surface area contributed by atoms with Gasteiger partial charge in [-0.25, -0.2) is 0 Å². The van der Waals surface area contributed by atoms with Crippen molar-refractivity contribution in [1.29, 1.82) is 0 Å². The molecule has 0 amide bonds. The second-order valence-corrected chi connectivity index (χ2v) is 5.39. The fraction of sp³-hybridized carbons (Fsp3) is 0.643. The molecule has 0 saturated carbocycles. The lowest BCUT2D eigenvalue weighted by molar-refractivity contribution is 0.145. The highest BCUT2D eigenvalue weighted by atomic mass is 15.2. The second-order valence-electron chi connectivity index (χ2n) is 5.39. The van der Waals surface area contributed by atoms with Gasteiger partial charge >= 0.3 is 0 Å². The van der Waals surface area contributed by atoms with Crippen molar-refractivity contribution in [2.24, 2.45) is 5.92 Å². The topological polar surface area (TPSA) is 28.2 Å². The molecule has 2 rings (SSSR count). The third-order valence-corrected chi connectivity index (χ3v) is 3.96. The molecule has 0 aromatic carbocycles. The van der Waals surface area contributed by atoms with Gasteiger partial charge in [0.25, 0.3) is 0 Å². The van der Waals surface area contributed by atoms with Gasteiger partial charge in [-0.15, -0.1) is 0 Å². The summed E-state index contributed by atoms with van der Waals surface area (Å²) in [6.45, 7) is 7.85. The molecule has 1 aromatic rings. The lowest BCUT2D eigenvalue weighted by Crippen LogP contribution is -2.48. The molecule has 0 bridgehead atoms. The number of piperidine rings is 1. The van der Waals surface area contributed by atoms with E-state index >= 15 is 0 Å². The molecule has 3 nitrogen and oxygen atoms in total. The Morgan fingerprint density at radius 1 is 1.41 bits per heavy atom. The number of likely N-dealkylation sites (tertiary alicyclic amines) is 1. The van der Waals surface area contributed by atoms with Crippen molar-refractivity contribution < 1.29 is 0 Å². The Balaban J connectivity index is 2.06. The van der Waals surface area contributed by atoms with E-state index < -0.39 is 0 Å².